The minimum absolute atomic E-state index is 0.0597. The van der Waals surface area contributed by atoms with Crippen LogP contribution in [0, 0.1) is 0 Å². The molecule has 3 rings (SSSR count). The maximum Gasteiger partial charge on any atom is 0.268 e. The molecule has 6 nitrogen and oxygen atoms in total. The van der Waals surface area contributed by atoms with E-state index in [1.807, 2.05) is 5.38 Å². The number of rotatable bonds is 3. The number of H-pyrrole nitrogens is 1. The number of aromatic amines is 1. The van der Waals surface area contributed by atoms with E-state index in [0.29, 0.717) is 22.6 Å². The van der Waals surface area contributed by atoms with Crippen LogP contribution < -0.4 is 5.56 Å². The molecule has 1 atom stereocenters. The van der Waals surface area contributed by atoms with Crippen LogP contribution in [0.3, 0.4) is 0 Å². The highest BCUT2D eigenvalue weighted by Gasteiger charge is 2.26. The summed E-state index contributed by atoms with van der Waals surface area (Å²) in [6.45, 7) is 0.917. The standard InChI is InChI=1S/C13H15N3O3S/c1-16(13(18)9-3-2-5-19-9)7-10-14-8-4-6-20-11(8)12(17)15-10/h4,6,9H,2-3,5,7H2,1H3,(H,14,15,17)/t9-/m1/s1. The highest BCUT2D eigenvalue weighted by Crippen LogP contribution is 2.16. The van der Waals surface area contributed by atoms with E-state index in [9.17, 15) is 9.59 Å². The second-order valence-corrected chi connectivity index (χ2v) is 5.76. The molecule has 1 amide bonds. The van der Waals surface area contributed by atoms with Crippen LogP contribution in [0.2, 0.25) is 0 Å². The lowest BCUT2D eigenvalue weighted by Crippen LogP contribution is -2.36. The number of carbonyl (C=O) groups is 1. The van der Waals surface area contributed by atoms with Gasteiger partial charge in [-0.3, -0.25) is 9.59 Å². The van der Waals surface area contributed by atoms with Crippen molar-refractivity contribution in [3.05, 3.63) is 27.6 Å². The summed E-state index contributed by atoms with van der Waals surface area (Å²) in [5.41, 5.74) is 0.518. The summed E-state index contributed by atoms with van der Waals surface area (Å²) in [5, 5.41) is 1.83. The molecule has 1 aliphatic heterocycles. The second kappa shape index (κ2) is 5.34. The summed E-state index contributed by atoms with van der Waals surface area (Å²) in [7, 11) is 1.70. The zero-order valence-corrected chi connectivity index (χ0v) is 11.9. The van der Waals surface area contributed by atoms with Crippen molar-refractivity contribution in [3.63, 3.8) is 0 Å². The molecule has 0 aliphatic carbocycles. The molecular formula is C13H15N3O3S. The van der Waals surface area contributed by atoms with Crippen molar-refractivity contribution in [2.24, 2.45) is 0 Å². The molecule has 1 fully saturated rings. The average Bonchev–Trinajstić information content (AvgIpc) is 3.08. The molecule has 3 heterocycles. The third-order valence-electron chi connectivity index (χ3n) is 3.33. The summed E-state index contributed by atoms with van der Waals surface area (Å²) in [4.78, 5) is 32.6. The van der Waals surface area contributed by atoms with Gasteiger partial charge < -0.3 is 14.6 Å². The summed E-state index contributed by atoms with van der Waals surface area (Å²) in [6, 6.07) is 1.81. The van der Waals surface area contributed by atoms with Gasteiger partial charge in [0.25, 0.3) is 11.5 Å². The van der Waals surface area contributed by atoms with Crippen molar-refractivity contribution in [1.82, 2.24) is 14.9 Å². The van der Waals surface area contributed by atoms with E-state index in [4.69, 9.17) is 4.74 Å². The number of nitrogens with one attached hydrogen (secondary N) is 1. The summed E-state index contributed by atoms with van der Waals surface area (Å²) < 4.78 is 5.99. The van der Waals surface area contributed by atoms with Gasteiger partial charge in [-0.15, -0.1) is 11.3 Å². The van der Waals surface area contributed by atoms with Gasteiger partial charge in [-0.1, -0.05) is 0 Å². The van der Waals surface area contributed by atoms with Crippen LogP contribution in [0.15, 0.2) is 16.2 Å². The third kappa shape index (κ3) is 2.46. The molecule has 0 unspecified atom stereocenters. The van der Waals surface area contributed by atoms with Gasteiger partial charge >= 0.3 is 0 Å². The zero-order valence-electron chi connectivity index (χ0n) is 11.1. The first kappa shape index (κ1) is 13.3. The smallest absolute Gasteiger partial charge is 0.268 e. The first-order valence-corrected chi connectivity index (χ1v) is 7.36. The number of hydrogen-bond donors (Lipinski definition) is 1. The number of aromatic nitrogens is 2. The van der Waals surface area contributed by atoms with Crippen molar-refractivity contribution in [1.29, 1.82) is 0 Å². The van der Waals surface area contributed by atoms with E-state index in [1.165, 1.54) is 11.3 Å². The molecule has 2 aromatic heterocycles. The number of ether oxygens (including phenoxy) is 1. The zero-order chi connectivity index (χ0) is 14.1. The Bertz CT molecular complexity index is 687. The number of fused-ring (bicyclic) bond motifs is 1. The molecule has 0 saturated carbocycles. The van der Waals surface area contributed by atoms with E-state index in [-0.39, 0.29) is 24.1 Å². The fourth-order valence-electron chi connectivity index (χ4n) is 2.32. The van der Waals surface area contributed by atoms with Crippen LogP contribution in [-0.4, -0.2) is 40.5 Å². The van der Waals surface area contributed by atoms with Crippen LogP contribution in [-0.2, 0) is 16.1 Å². The van der Waals surface area contributed by atoms with Crippen LogP contribution in [0.1, 0.15) is 18.7 Å². The lowest BCUT2D eigenvalue weighted by Gasteiger charge is -2.19. The molecule has 1 saturated heterocycles. The van der Waals surface area contributed by atoms with Gasteiger partial charge in [0.2, 0.25) is 0 Å². The lowest BCUT2D eigenvalue weighted by molar-refractivity contribution is -0.140. The Hall–Kier alpha value is -1.73. The first-order chi connectivity index (χ1) is 9.65. The van der Waals surface area contributed by atoms with E-state index < -0.39 is 0 Å². The van der Waals surface area contributed by atoms with E-state index in [1.54, 1.807) is 18.0 Å². The van der Waals surface area contributed by atoms with Gasteiger partial charge in [0.15, 0.2) is 0 Å². The van der Waals surface area contributed by atoms with E-state index >= 15 is 0 Å². The van der Waals surface area contributed by atoms with Crippen molar-refractivity contribution < 1.29 is 9.53 Å². The molecule has 1 aliphatic rings. The topological polar surface area (TPSA) is 75.3 Å². The van der Waals surface area contributed by atoms with Gasteiger partial charge in [-0.25, -0.2) is 4.98 Å². The largest absolute Gasteiger partial charge is 0.368 e. The first-order valence-electron chi connectivity index (χ1n) is 6.48. The lowest BCUT2D eigenvalue weighted by atomic mass is 10.2. The summed E-state index contributed by atoms with van der Waals surface area (Å²) in [5.74, 6) is 0.435. The van der Waals surface area contributed by atoms with Crippen molar-refractivity contribution in [2.45, 2.75) is 25.5 Å². The fraction of sp³-hybridized carbons (Fsp3) is 0.462. The van der Waals surface area contributed by atoms with Gasteiger partial charge in [0.05, 0.1) is 12.1 Å². The Kier molecular flexibility index (Phi) is 3.54. The van der Waals surface area contributed by atoms with Gasteiger partial charge in [0, 0.05) is 13.7 Å². The van der Waals surface area contributed by atoms with Crippen LogP contribution >= 0.6 is 11.3 Å². The predicted molar refractivity (Wildman–Crippen MR) is 75.7 cm³/mol. The molecule has 0 spiro atoms. The Morgan fingerprint density at radius 1 is 1.65 bits per heavy atom. The third-order valence-corrected chi connectivity index (χ3v) is 4.23. The van der Waals surface area contributed by atoms with Crippen LogP contribution in [0.25, 0.3) is 10.2 Å². The Balaban J connectivity index is 1.78. The van der Waals surface area contributed by atoms with Crippen LogP contribution in [0.5, 0.6) is 0 Å². The van der Waals surface area contributed by atoms with Gasteiger partial charge in [-0.05, 0) is 24.3 Å². The molecule has 0 bridgehead atoms. The number of amides is 1. The van der Waals surface area contributed by atoms with E-state index in [2.05, 4.69) is 9.97 Å². The normalized spacial score (nSPS) is 18.6. The Morgan fingerprint density at radius 3 is 3.25 bits per heavy atom. The molecule has 106 valence electrons. The van der Waals surface area contributed by atoms with E-state index in [0.717, 1.165) is 12.8 Å². The predicted octanol–water partition coefficient (Wildman–Crippen LogP) is 1.12. The number of likely N-dealkylation sites (N-methyl/N-ethyl adjacent to an activating group) is 1. The average molecular weight is 293 g/mol. The SMILES string of the molecule is CN(Cc1nc2ccsc2c(=O)[nH]1)C(=O)[C@H]1CCCO1. The molecular weight excluding hydrogens is 278 g/mol. The number of hydrogen-bond acceptors (Lipinski definition) is 5. The highest BCUT2D eigenvalue weighted by molar-refractivity contribution is 7.17. The molecule has 20 heavy (non-hydrogen) atoms. The second-order valence-electron chi connectivity index (χ2n) is 4.84. The van der Waals surface area contributed by atoms with Crippen LogP contribution in [0.4, 0.5) is 0 Å². The van der Waals surface area contributed by atoms with Crippen molar-refractivity contribution in [3.8, 4) is 0 Å². The Labute approximate surface area is 119 Å². The maximum atomic E-state index is 12.1. The molecule has 7 heteroatoms. The summed E-state index contributed by atoms with van der Waals surface area (Å²) in [6.07, 6.45) is 1.33. The molecule has 2 aromatic rings. The minimum atomic E-state index is -0.350. The fourth-order valence-corrected chi connectivity index (χ4v) is 3.04. The highest BCUT2D eigenvalue weighted by atomic mass is 32.1. The van der Waals surface area contributed by atoms with Crippen molar-refractivity contribution in [2.75, 3.05) is 13.7 Å². The molecule has 0 radical (unpaired) electrons. The van der Waals surface area contributed by atoms with Gasteiger partial charge in [-0.2, -0.15) is 0 Å². The summed E-state index contributed by atoms with van der Waals surface area (Å²) >= 11 is 1.36. The Morgan fingerprint density at radius 2 is 2.50 bits per heavy atom. The van der Waals surface area contributed by atoms with Crippen molar-refractivity contribution >= 4 is 27.5 Å². The quantitative estimate of drug-likeness (QED) is 0.920. The maximum absolute atomic E-state index is 12.1. The molecule has 0 aromatic carbocycles. The number of carbonyl (C=O) groups excluding carboxylic acids is 1. The minimum Gasteiger partial charge on any atom is -0.368 e. The van der Waals surface area contributed by atoms with Gasteiger partial charge in [0.1, 0.15) is 16.6 Å². The molecule has 1 N–H and O–H groups in total. The number of thiophene rings is 1. The number of nitrogens with zero attached hydrogens (tertiary/aromatic N) is 2. The monoisotopic (exact) mass is 293 g/mol.